The second-order valence-corrected chi connectivity index (χ2v) is 7.60. The molecule has 0 bridgehead atoms. The smallest absolute Gasteiger partial charge is 0.305 e. The highest BCUT2D eigenvalue weighted by atomic mass is 32.2. The minimum Gasteiger partial charge on any atom is -0.497 e. The van der Waals surface area contributed by atoms with Crippen molar-refractivity contribution in [2.24, 2.45) is 0 Å². The average molecular weight is 359 g/mol. The molecule has 0 aliphatic rings. The Morgan fingerprint density at radius 3 is 2.33 bits per heavy atom. The minimum absolute atomic E-state index is 0.327. The predicted octanol–water partition coefficient (Wildman–Crippen LogP) is 0.769. The van der Waals surface area contributed by atoms with Gasteiger partial charge in [-0.05, 0) is 19.1 Å². The zero-order chi connectivity index (χ0) is 18.5. The Balaban J connectivity index is 3.19. The van der Waals surface area contributed by atoms with E-state index in [4.69, 9.17) is 14.6 Å². The first-order chi connectivity index (χ1) is 11.1. The van der Waals surface area contributed by atoms with Gasteiger partial charge in [0, 0.05) is 17.9 Å². The first kappa shape index (κ1) is 19.8. The molecule has 0 radical (unpaired) electrons. The number of carboxylic acids is 1. The van der Waals surface area contributed by atoms with Gasteiger partial charge in [0.25, 0.3) is 0 Å². The van der Waals surface area contributed by atoms with Crippen molar-refractivity contribution in [1.82, 2.24) is 5.32 Å². The van der Waals surface area contributed by atoms with Crippen molar-refractivity contribution >= 4 is 21.7 Å². The lowest BCUT2D eigenvalue weighted by molar-refractivity contribution is -0.137. The van der Waals surface area contributed by atoms with Crippen LogP contribution in [0.25, 0.3) is 0 Å². The van der Waals surface area contributed by atoms with Crippen molar-refractivity contribution in [3.8, 4) is 11.5 Å². The van der Waals surface area contributed by atoms with E-state index in [1.54, 1.807) is 18.2 Å². The molecule has 0 heterocycles. The summed E-state index contributed by atoms with van der Waals surface area (Å²) < 4.78 is 33.3. The van der Waals surface area contributed by atoms with Gasteiger partial charge in [-0.2, -0.15) is 0 Å². The summed E-state index contributed by atoms with van der Waals surface area (Å²) in [6.07, 6.45) is 0.516. The van der Waals surface area contributed by atoms with E-state index in [0.717, 1.165) is 6.26 Å². The van der Waals surface area contributed by atoms with Crippen molar-refractivity contribution in [2.45, 2.75) is 24.6 Å². The summed E-state index contributed by atoms with van der Waals surface area (Å²) in [6.45, 7) is 1.24. The molecule has 0 saturated heterocycles. The Morgan fingerprint density at radius 1 is 1.25 bits per heavy atom. The van der Waals surface area contributed by atoms with Crippen LogP contribution in [0.4, 0.5) is 0 Å². The largest absolute Gasteiger partial charge is 0.497 e. The molecule has 24 heavy (non-hydrogen) atoms. The molecular weight excluding hydrogens is 338 g/mol. The molecule has 9 heteroatoms. The van der Waals surface area contributed by atoms with Crippen LogP contribution < -0.4 is 14.8 Å². The fraction of sp³-hybridized carbons (Fsp3) is 0.467. The molecule has 0 spiro atoms. The molecule has 2 unspecified atom stereocenters. The summed E-state index contributed by atoms with van der Waals surface area (Å²) in [5.41, 5.74) is 0.412. The number of methoxy groups -OCH3 is 2. The van der Waals surface area contributed by atoms with Crippen LogP contribution in [-0.2, 0) is 19.4 Å². The summed E-state index contributed by atoms with van der Waals surface area (Å²) in [7, 11) is -0.725. The maximum atomic E-state index is 12.1. The maximum absolute atomic E-state index is 12.1. The minimum atomic E-state index is -3.60. The molecule has 1 amide bonds. The van der Waals surface area contributed by atoms with Crippen LogP contribution in [0.5, 0.6) is 11.5 Å². The van der Waals surface area contributed by atoms with Crippen LogP contribution in [0, 0.1) is 0 Å². The number of benzene rings is 1. The highest BCUT2D eigenvalue weighted by Gasteiger charge is 2.28. The molecule has 134 valence electrons. The highest BCUT2D eigenvalue weighted by Crippen LogP contribution is 2.31. The van der Waals surface area contributed by atoms with Crippen LogP contribution in [0.3, 0.4) is 0 Å². The fourth-order valence-electron chi connectivity index (χ4n) is 2.00. The van der Waals surface area contributed by atoms with E-state index in [1.165, 1.54) is 21.1 Å². The third kappa shape index (κ3) is 5.12. The topological polar surface area (TPSA) is 119 Å². The second-order valence-electron chi connectivity index (χ2n) is 5.24. The quantitative estimate of drug-likeness (QED) is 0.703. The summed E-state index contributed by atoms with van der Waals surface area (Å²) in [5, 5.41) is 10.3. The van der Waals surface area contributed by atoms with Crippen LogP contribution in [0.1, 0.15) is 24.9 Å². The lowest BCUT2D eigenvalue weighted by atomic mass is 10.0. The molecule has 0 aliphatic carbocycles. The third-order valence-corrected chi connectivity index (χ3v) is 5.02. The van der Waals surface area contributed by atoms with Crippen LogP contribution in [-0.4, -0.2) is 51.1 Å². The summed E-state index contributed by atoms with van der Waals surface area (Å²) in [4.78, 5) is 23.2. The number of nitrogens with one attached hydrogen (secondary N) is 1. The van der Waals surface area contributed by atoms with Gasteiger partial charge in [-0.3, -0.25) is 9.59 Å². The summed E-state index contributed by atoms with van der Waals surface area (Å²) in [6, 6.07) is 3.77. The first-order valence-corrected chi connectivity index (χ1v) is 8.98. The molecule has 0 aromatic heterocycles. The number of ether oxygens (including phenoxy) is 2. The number of carbonyl (C=O) groups excluding carboxylic acids is 1. The molecular formula is C15H21NO7S. The molecule has 1 rings (SSSR count). The Hall–Kier alpha value is -2.29. The number of sulfone groups is 1. The SMILES string of the molecule is COc1ccc(C(CC(=O)O)NC(=O)C(C)S(C)(=O)=O)c(OC)c1. The molecule has 1 aromatic carbocycles. The van der Waals surface area contributed by atoms with E-state index in [2.05, 4.69) is 5.32 Å². The maximum Gasteiger partial charge on any atom is 0.305 e. The monoisotopic (exact) mass is 359 g/mol. The number of hydrogen-bond acceptors (Lipinski definition) is 6. The van der Waals surface area contributed by atoms with Crippen LogP contribution >= 0.6 is 0 Å². The Morgan fingerprint density at radius 2 is 1.88 bits per heavy atom. The lowest BCUT2D eigenvalue weighted by Gasteiger charge is -2.22. The zero-order valence-electron chi connectivity index (χ0n) is 13.9. The fourth-order valence-corrected chi connectivity index (χ4v) is 2.46. The van der Waals surface area contributed by atoms with E-state index in [9.17, 15) is 18.0 Å². The van der Waals surface area contributed by atoms with Gasteiger partial charge in [-0.15, -0.1) is 0 Å². The van der Waals surface area contributed by atoms with Crippen molar-refractivity contribution in [3.63, 3.8) is 0 Å². The molecule has 8 nitrogen and oxygen atoms in total. The van der Waals surface area contributed by atoms with Crippen LogP contribution in [0.15, 0.2) is 18.2 Å². The molecule has 1 aromatic rings. The molecule has 2 atom stereocenters. The third-order valence-electron chi connectivity index (χ3n) is 3.52. The van der Waals surface area contributed by atoms with Crippen molar-refractivity contribution < 1.29 is 32.6 Å². The number of carboxylic acid groups (broad SMARTS) is 1. The first-order valence-electron chi connectivity index (χ1n) is 7.03. The number of hydrogen-bond donors (Lipinski definition) is 2. The van der Waals surface area contributed by atoms with Gasteiger partial charge in [-0.1, -0.05) is 0 Å². The highest BCUT2D eigenvalue weighted by molar-refractivity contribution is 7.92. The molecule has 2 N–H and O–H groups in total. The number of amides is 1. The molecule has 0 saturated carbocycles. The van der Waals surface area contributed by atoms with E-state index >= 15 is 0 Å². The van der Waals surface area contributed by atoms with Gasteiger partial charge >= 0.3 is 5.97 Å². The van der Waals surface area contributed by atoms with E-state index < -0.39 is 39.4 Å². The van der Waals surface area contributed by atoms with Gasteiger partial charge in [-0.25, -0.2) is 8.42 Å². The lowest BCUT2D eigenvalue weighted by Crippen LogP contribution is -2.40. The zero-order valence-corrected chi connectivity index (χ0v) is 14.7. The number of carbonyl (C=O) groups is 2. The summed E-state index contributed by atoms with van der Waals surface area (Å²) >= 11 is 0. The standard InChI is InChI=1S/C15H21NO7S/c1-9(24(4,20)21)15(19)16-12(8-14(17)18)11-6-5-10(22-2)7-13(11)23-3/h5-7,9,12H,8H2,1-4H3,(H,16,19)(H,17,18). The number of aliphatic carboxylic acids is 1. The van der Waals surface area contributed by atoms with E-state index in [0.29, 0.717) is 17.1 Å². The van der Waals surface area contributed by atoms with Gasteiger partial charge in [0.2, 0.25) is 5.91 Å². The Kier molecular flexibility index (Phi) is 6.59. The van der Waals surface area contributed by atoms with Gasteiger partial charge < -0.3 is 19.9 Å². The van der Waals surface area contributed by atoms with E-state index in [-0.39, 0.29) is 0 Å². The van der Waals surface area contributed by atoms with Crippen molar-refractivity contribution in [3.05, 3.63) is 23.8 Å². The summed E-state index contributed by atoms with van der Waals surface area (Å²) in [5.74, 6) is -1.10. The van der Waals surface area contributed by atoms with E-state index in [1.807, 2.05) is 0 Å². The Labute approximate surface area is 140 Å². The predicted molar refractivity (Wildman–Crippen MR) is 87.0 cm³/mol. The average Bonchev–Trinajstić information content (AvgIpc) is 2.51. The van der Waals surface area contributed by atoms with Gasteiger partial charge in [0.15, 0.2) is 9.84 Å². The second kappa shape index (κ2) is 8.00. The Bertz CT molecular complexity index is 715. The van der Waals surface area contributed by atoms with Gasteiger partial charge in [0.1, 0.15) is 16.7 Å². The normalized spacial score (nSPS) is 13.7. The number of rotatable bonds is 8. The molecule has 0 fully saturated rings. The van der Waals surface area contributed by atoms with Crippen molar-refractivity contribution in [1.29, 1.82) is 0 Å². The van der Waals surface area contributed by atoms with Gasteiger partial charge in [0.05, 0.1) is 26.7 Å². The van der Waals surface area contributed by atoms with Crippen LogP contribution in [0.2, 0.25) is 0 Å². The van der Waals surface area contributed by atoms with Crippen molar-refractivity contribution in [2.75, 3.05) is 20.5 Å². The molecule has 0 aliphatic heterocycles.